The van der Waals surface area contributed by atoms with Crippen LogP contribution in [0.5, 0.6) is 5.75 Å². The second kappa shape index (κ2) is 9.56. The van der Waals surface area contributed by atoms with Crippen LogP contribution in [0.3, 0.4) is 0 Å². The van der Waals surface area contributed by atoms with Crippen molar-refractivity contribution in [2.45, 2.75) is 20.1 Å². The molecule has 0 amide bonds. The standard InChI is InChI=1S/C23H21BrFNO3/c1-2-26(19-9-10-20(23(27)28)21(25)13-19)14-17-12-18(24)8-11-22(17)29-15-16-6-4-3-5-7-16/h3-13H,2,14-15H2,1H3,(H,27,28). The zero-order chi connectivity index (χ0) is 20.8. The Kier molecular flexibility index (Phi) is 6.88. The number of nitrogens with zero attached hydrogens (tertiary/aromatic N) is 1. The summed E-state index contributed by atoms with van der Waals surface area (Å²) in [5, 5.41) is 9.03. The fourth-order valence-electron chi connectivity index (χ4n) is 3.01. The van der Waals surface area contributed by atoms with Gasteiger partial charge in [0.05, 0.1) is 5.56 Å². The summed E-state index contributed by atoms with van der Waals surface area (Å²) in [7, 11) is 0. The number of halogens is 2. The molecule has 0 aliphatic heterocycles. The summed E-state index contributed by atoms with van der Waals surface area (Å²) in [5.41, 5.74) is 2.29. The number of carboxylic acid groups (broad SMARTS) is 1. The van der Waals surface area contributed by atoms with Gasteiger partial charge in [0.25, 0.3) is 0 Å². The average Bonchev–Trinajstić information content (AvgIpc) is 2.71. The summed E-state index contributed by atoms with van der Waals surface area (Å²) < 4.78 is 21.1. The van der Waals surface area contributed by atoms with E-state index in [0.29, 0.717) is 25.4 Å². The number of aromatic carboxylic acids is 1. The number of hydrogen-bond acceptors (Lipinski definition) is 3. The summed E-state index contributed by atoms with van der Waals surface area (Å²) in [6.45, 7) is 3.53. The van der Waals surface area contributed by atoms with Gasteiger partial charge in [-0.3, -0.25) is 0 Å². The Morgan fingerprint density at radius 1 is 1.10 bits per heavy atom. The van der Waals surface area contributed by atoms with E-state index in [0.717, 1.165) is 21.3 Å². The van der Waals surface area contributed by atoms with E-state index in [-0.39, 0.29) is 5.56 Å². The number of anilines is 1. The van der Waals surface area contributed by atoms with E-state index >= 15 is 0 Å². The summed E-state index contributed by atoms with van der Waals surface area (Å²) in [5.74, 6) is -1.28. The molecular weight excluding hydrogens is 437 g/mol. The van der Waals surface area contributed by atoms with Gasteiger partial charge in [0, 0.05) is 28.8 Å². The lowest BCUT2D eigenvalue weighted by Gasteiger charge is -2.25. The topological polar surface area (TPSA) is 49.8 Å². The molecule has 0 aromatic heterocycles. The fourth-order valence-corrected chi connectivity index (χ4v) is 3.42. The first kappa shape index (κ1) is 20.9. The van der Waals surface area contributed by atoms with Gasteiger partial charge < -0.3 is 14.7 Å². The van der Waals surface area contributed by atoms with E-state index in [2.05, 4.69) is 15.9 Å². The third-order valence-electron chi connectivity index (χ3n) is 4.55. The smallest absolute Gasteiger partial charge is 0.338 e. The SMILES string of the molecule is CCN(Cc1cc(Br)ccc1OCc1ccccc1)c1ccc(C(=O)O)c(F)c1. The van der Waals surface area contributed by atoms with E-state index in [1.807, 2.05) is 60.4 Å². The molecule has 1 N–H and O–H groups in total. The zero-order valence-electron chi connectivity index (χ0n) is 15.9. The Bertz CT molecular complexity index is 995. The molecule has 0 heterocycles. The first-order valence-electron chi connectivity index (χ1n) is 9.21. The molecule has 29 heavy (non-hydrogen) atoms. The lowest BCUT2D eigenvalue weighted by molar-refractivity contribution is 0.0692. The van der Waals surface area contributed by atoms with Crippen LogP contribution in [-0.4, -0.2) is 17.6 Å². The van der Waals surface area contributed by atoms with Crippen molar-refractivity contribution in [2.75, 3.05) is 11.4 Å². The van der Waals surface area contributed by atoms with Gasteiger partial charge in [0.2, 0.25) is 0 Å². The van der Waals surface area contributed by atoms with E-state index in [9.17, 15) is 9.18 Å². The van der Waals surface area contributed by atoms with Crippen molar-refractivity contribution < 1.29 is 19.0 Å². The Hall–Kier alpha value is -2.86. The van der Waals surface area contributed by atoms with Crippen molar-refractivity contribution in [1.29, 1.82) is 0 Å². The molecule has 3 aromatic carbocycles. The maximum absolute atomic E-state index is 14.1. The maximum atomic E-state index is 14.1. The molecule has 0 fully saturated rings. The third-order valence-corrected chi connectivity index (χ3v) is 5.04. The van der Waals surface area contributed by atoms with Crippen LogP contribution in [0.2, 0.25) is 0 Å². The number of hydrogen-bond donors (Lipinski definition) is 1. The van der Waals surface area contributed by atoms with Crippen molar-refractivity contribution in [3.8, 4) is 5.75 Å². The van der Waals surface area contributed by atoms with Crippen LogP contribution >= 0.6 is 15.9 Å². The monoisotopic (exact) mass is 457 g/mol. The zero-order valence-corrected chi connectivity index (χ0v) is 17.5. The predicted octanol–water partition coefficient (Wildman–Crippen LogP) is 5.89. The number of ether oxygens (including phenoxy) is 1. The molecule has 0 spiro atoms. The quantitative estimate of drug-likeness (QED) is 0.457. The van der Waals surface area contributed by atoms with Crippen LogP contribution < -0.4 is 9.64 Å². The molecule has 0 radical (unpaired) electrons. The van der Waals surface area contributed by atoms with Crippen LogP contribution in [-0.2, 0) is 13.2 Å². The van der Waals surface area contributed by atoms with Gasteiger partial charge in [-0.25, -0.2) is 9.18 Å². The van der Waals surface area contributed by atoms with Crippen LogP contribution in [0.25, 0.3) is 0 Å². The minimum atomic E-state index is -1.28. The van der Waals surface area contributed by atoms with Crippen LogP contribution in [0, 0.1) is 5.82 Å². The first-order valence-corrected chi connectivity index (χ1v) is 10.00. The number of carboxylic acids is 1. The molecular formula is C23H21BrFNO3. The molecule has 0 aliphatic rings. The van der Waals surface area contributed by atoms with E-state index in [1.165, 1.54) is 12.1 Å². The molecule has 0 aliphatic carbocycles. The highest BCUT2D eigenvalue weighted by Crippen LogP contribution is 2.28. The highest BCUT2D eigenvalue weighted by molar-refractivity contribution is 9.10. The lowest BCUT2D eigenvalue weighted by atomic mass is 10.1. The highest BCUT2D eigenvalue weighted by atomic mass is 79.9. The van der Waals surface area contributed by atoms with Crippen molar-refractivity contribution in [2.24, 2.45) is 0 Å². The van der Waals surface area contributed by atoms with Crippen LogP contribution in [0.1, 0.15) is 28.4 Å². The van der Waals surface area contributed by atoms with Gasteiger partial charge in [-0.05, 0) is 48.9 Å². The maximum Gasteiger partial charge on any atom is 0.338 e. The Morgan fingerprint density at radius 2 is 1.86 bits per heavy atom. The number of rotatable bonds is 8. The van der Waals surface area contributed by atoms with Gasteiger partial charge >= 0.3 is 5.97 Å². The first-order chi connectivity index (χ1) is 14.0. The summed E-state index contributed by atoms with van der Waals surface area (Å²) >= 11 is 3.50. The highest BCUT2D eigenvalue weighted by Gasteiger charge is 2.15. The second-order valence-corrected chi connectivity index (χ2v) is 7.43. The van der Waals surface area contributed by atoms with Gasteiger partial charge in [-0.1, -0.05) is 46.3 Å². The van der Waals surface area contributed by atoms with Crippen LogP contribution in [0.15, 0.2) is 71.2 Å². The molecule has 0 saturated carbocycles. The van der Waals surface area contributed by atoms with Gasteiger partial charge in [0.1, 0.15) is 18.2 Å². The van der Waals surface area contributed by atoms with E-state index in [1.54, 1.807) is 6.07 Å². The number of carbonyl (C=O) groups is 1. The molecule has 3 rings (SSSR count). The average molecular weight is 458 g/mol. The van der Waals surface area contributed by atoms with Gasteiger partial charge in [-0.2, -0.15) is 0 Å². The molecule has 4 nitrogen and oxygen atoms in total. The molecule has 3 aromatic rings. The fraction of sp³-hybridized carbons (Fsp3) is 0.174. The normalized spacial score (nSPS) is 10.6. The van der Waals surface area contributed by atoms with Crippen molar-refractivity contribution in [1.82, 2.24) is 0 Å². The van der Waals surface area contributed by atoms with Gasteiger partial charge in [0.15, 0.2) is 0 Å². The largest absolute Gasteiger partial charge is 0.489 e. The van der Waals surface area contributed by atoms with Crippen molar-refractivity contribution in [3.05, 3.63) is 93.7 Å². The summed E-state index contributed by atoms with van der Waals surface area (Å²) in [6.07, 6.45) is 0. The van der Waals surface area contributed by atoms with E-state index < -0.39 is 11.8 Å². The lowest BCUT2D eigenvalue weighted by Crippen LogP contribution is -2.23. The van der Waals surface area contributed by atoms with Crippen molar-refractivity contribution >= 4 is 27.6 Å². The van der Waals surface area contributed by atoms with Crippen LogP contribution in [0.4, 0.5) is 10.1 Å². The molecule has 0 unspecified atom stereocenters. The minimum absolute atomic E-state index is 0.334. The second-order valence-electron chi connectivity index (χ2n) is 6.51. The summed E-state index contributed by atoms with van der Waals surface area (Å²) in [6, 6.07) is 19.9. The predicted molar refractivity (Wildman–Crippen MR) is 115 cm³/mol. The van der Waals surface area contributed by atoms with E-state index in [4.69, 9.17) is 9.84 Å². The molecule has 0 atom stereocenters. The molecule has 150 valence electrons. The third kappa shape index (κ3) is 5.35. The number of benzene rings is 3. The Labute approximate surface area is 177 Å². The Morgan fingerprint density at radius 3 is 2.52 bits per heavy atom. The molecule has 6 heteroatoms. The molecule has 0 saturated heterocycles. The minimum Gasteiger partial charge on any atom is -0.489 e. The Balaban J connectivity index is 1.82. The van der Waals surface area contributed by atoms with Crippen molar-refractivity contribution in [3.63, 3.8) is 0 Å². The molecule has 0 bridgehead atoms. The van der Waals surface area contributed by atoms with Gasteiger partial charge in [-0.15, -0.1) is 0 Å². The summed E-state index contributed by atoms with van der Waals surface area (Å²) in [4.78, 5) is 13.0.